The molecule has 2 aromatic carbocycles. The lowest BCUT2D eigenvalue weighted by atomic mass is 9.72. The maximum absolute atomic E-state index is 11.9. The first-order chi connectivity index (χ1) is 15.4. The van der Waals surface area contributed by atoms with Gasteiger partial charge in [0.15, 0.2) is 13.2 Å². The normalized spacial score (nSPS) is 11.4. The summed E-state index contributed by atoms with van der Waals surface area (Å²) in [6.45, 7) is 10.4. The number of benzene rings is 2. The van der Waals surface area contributed by atoms with Crippen LogP contribution < -0.4 is 20.3 Å². The molecule has 0 saturated carbocycles. The van der Waals surface area contributed by atoms with Crippen molar-refractivity contribution in [2.75, 3.05) is 13.2 Å². The van der Waals surface area contributed by atoms with Crippen LogP contribution in [0, 0.1) is 15.5 Å². The van der Waals surface area contributed by atoms with Crippen molar-refractivity contribution in [2.45, 2.75) is 46.5 Å². The summed E-state index contributed by atoms with van der Waals surface area (Å²) in [6, 6.07) is 12.9. The maximum atomic E-state index is 11.9. The first kappa shape index (κ1) is 25.6. The molecule has 0 aromatic heterocycles. The van der Waals surface area contributed by atoms with Crippen LogP contribution >= 0.6 is 0 Å². The van der Waals surface area contributed by atoms with Gasteiger partial charge in [-0.2, -0.15) is 0 Å². The number of hydrogen-bond donors (Lipinski definition) is 2. The molecule has 0 radical (unpaired) electrons. The Kier molecular flexibility index (Phi) is 8.39. The number of nitro groups is 1. The highest BCUT2D eigenvalue weighted by Crippen LogP contribution is 2.36. The number of carbonyl (C=O) groups excluding carboxylic acids is 2. The Bertz CT molecular complexity index is 963. The van der Waals surface area contributed by atoms with E-state index in [9.17, 15) is 19.7 Å². The molecule has 9 nitrogen and oxygen atoms in total. The molecule has 0 aliphatic heterocycles. The van der Waals surface area contributed by atoms with Crippen molar-refractivity contribution in [3.8, 4) is 11.5 Å². The van der Waals surface area contributed by atoms with E-state index < -0.39 is 16.7 Å². The molecule has 33 heavy (non-hydrogen) atoms. The van der Waals surface area contributed by atoms with E-state index in [2.05, 4.69) is 45.5 Å². The Balaban J connectivity index is 1.73. The van der Waals surface area contributed by atoms with E-state index in [1.54, 1.807) is 0 Å². The van der Waals surface area contributed by atoms with Gasteiger partial charge in [-0.3, -0.25) is 30.6 Å². The van der Waals surface area contributed by atoms with Gasteiger partial charge >= 0.3 is 0 Å². The van der Waals surface area contributed by atoms with Crippen LogP contribution in [0.4, 0.5) is 5.69 Å². The molecule has 0 fully saturated rings. The Morgan fingerprint density at radius 2 is 1.24 bits per heavy atom. The predicted molar refractivity (Wildman–Crippen MR) is 124 cm³/mol. The minimum atomic E-state index is -0.591. The molecule has 0 saturated heterocycles. The number of nitrogens with zero attached hydrogens (tertiary/aromatic N) is 1. The second-order valence-electron chi connectivity index (χ2n) is 9.57. The van der Waals surface area contributed by atoms with Crippen molar-refractivity contribution in [1.82, 2.24) is 10.9 Å². The number of rotatable bonds is 9. The van der Waals surface area contributed by atoms with Crippen molar-refractivity contribution < 1.29 is 24.0 Å². The minimum Gasteiger partial charge on any atom is -0.484 e. The van der Waals surface area contributed by atoms with Crippen molar-refractivity contribution in [1.29, 1.82) is 0 Å². The Morgan fingerprint density at radius 3 is 1.64 bits per heavy atom. The van der Waals surface area contributed by atoms with Crippen LogP contribution in [-0.4, -0.2) is 30.0 Å². The number of non-ortho nitro benzene ring substituents is 1. The van der Waals surface area contributed by atoms with Crippen molar-refractivity contribution in [3.63, 3.8) is 0 Å². The second kappa shape index (κ2) is 10.8. The van der Waals surface area contributed by atoms with Crippen LogP contribution in [0.3, 0.4) is 0 Å². The molecule has 0 heterocycles. The van der Waals surface area contributed by atoms with E-state index in [4.69, 9.17) is 9.47 Å². The van der Waals surface area contributed by atoms with Gasteiger partial charge in [0.1, 0.15) is 11.5 Å². The fourth-order valence-electron chi connectivity index (χ4n) is 3.60. The lowest BCUT2D eigenvalue weighted by Gasteiger charge is -2.33. The van der Waals surface area contributed by atoms with Crippen LogP contribution in [0.1, 0.15) is 46.6 Å². The molecule has 2 aromatic rings. The number of carbonyl (C=O) groups is 2. The summed E-state index contributed by atoms with van der Waals surface area (Å²) >= 11 is 0. The zero-order valence-electron chi connectivity index (χ0n) is 19.6. The largest absolute Gasteiger partial charge is 0.484 e. The van der Waals surface area contributed by atoms with E-state index in [0.29, 0.717) is 11.5 Å². The first-order valence-corrected chi connectivity index (χ1v) is 10.5. The first-order valence-electron chi connectivity index (χ1n) is 10.5. The third-order valence-electron chi connectivity index (χ3n) is 4.74. The molecule has 0 unspecified atom stereocenters. The average Bonchev–Trinajstić information content (AvgIpc) is 2.73. The second-order valence-corrected chi connectivity index (χ2v) is 9.57. The summed E-state index contributed by atoms with van der Waals surface area (Å²) in [6.07, 6.45) is 1.02. The van der Waals surface area contributed by atoms with Gasteiger partial charge in [-0.1, -0.05) is 46.8 Å². The van der Waals surface area contributed by atoms with E-state index >= 15 is 0 Å². The highest BCUT2D eigenvalue weighted by molar-refractivity contribution is 5.83. The monoisotopic (exact) mass is 457 g/mol. The van der Waals surface area contributed by atoms with Gasteiger partial charge in [-0.15, -0.1) is 0 Å². The number of ether oxygens (including phenoxy) is 2. The maximum Gasteiger partial charge on any atom is 0.276 e. The fraction of sp³-hybridized carbons (Fsp3) is 0.417. The van der Waals surface area contributed by atoms with Crippen LogP contribution in [-0.2, 0) is 15.0 Å². The molecular formula is C24H31N3O6. The Hall–Kier alpha value is -3.62. The topological polar surface area (TPSA) is 120 Å². The Morgan fingerprint density at radius 1 is 0.818 bits per heavy atom. The molecule has 178 valence electrons. The van der Waals surface area contributed by atoms with Gasteiger partial charge in [0.2, 0.25) is 0 Å². The predicted octanol–water partition coefficient (Wildman–Crippen LogP) is 3.91. The summed E-state index contributed by atoms with van der Waals surface area (Å²) in [5.41, 5.74) is 5.78. The van der Waals surface area contributed by atoms with Gasteiger partial charge in [0.25, 0.3) is 17.5 Å². The Labute approximate surface area is 193 Å². The zero-order valence-corrected chi connectivity index (χ0v) is 19.6. The highest BCUT2D eigenvalue weighted by Gasteiger charge is 2.27. The highest BCUT2D eigenvalue weighted by atomic mass is 16.6. The number of hydrazine groups is 1. The molecule has 2 amide bonds. The molecule has 0 aliphatic rings. The molecule has 2 rings (SSSR count). The number of amides is 2. The lowest BCUT2D eigenvalue weighted by molar-refractivity contribution is -0.384. The van der Waals surface area contributed by atoms with E-state index in [-0.39, 0.29) is 29.7 Å². The van der Waals surface area contributed by atoms with Crippen LogP contribution in [0.15, 0.2) is 48.5 Å². The van der Waals surface area contributed by atoms with Crippen LogP contribution in [0.5, 0.6) is 11.5 Å². The number of hydrogen-bond acceptors (Lipinski definition) is 6. The summed E-state index contributed by atoms with van der Waals surface area (Å²) < 4.78 is 10.7. The smallest absolute Gasteiger partial charge is 0.276 e. The minimum absolute atomic E-state index is 0.00890. The molecule has 9 heteroatoms. The van der Waals surface area contributed by atoms with Crippen LogP contribution in [0.2, 0.25) is 0 Å². The quantitative estimate of drug-likeness (QED) is 0.435. The molecule has 0 atom stereocenters. The average molecular weight is 458 g/mol. The zero-order chi connectivity index (χ0) is 24.6. The molecule has 0 bridgehead atoms. The standard InChI is InChI=1S/C24H31N3O6/c1-23(2,3)16-24(4,5)17-6-10-19(11-7-17)32-14-21(28)25-26-22(29)15-33-20-12-8-18(9-13-20)27(30)31/h6-13H,14-16H2,1-5H3,(H,25,28)(H,26,29). The van der Waals surface area contributed by atoms with Crippen molar-refractivity contribution >= 4 is 17.5 Å². The summed E-state index contributed by atoms with van der Waals surface area (Å²) in [4.78, 5) is 33.8. The SMILES string of the molecule is CC(C)(C)CC(C)(C)c1ccc(OCC(=O)NNC(=O)COc2ccc([N+](=O)[O-])cc2)cc1. The fourth-order valence-corrected chi connectivity index (χ4v) is 3.60. The summed E-state index contributed by atoms with van der Waals surface area (Å²) in [5, 5.41) is 10.6. The molecule has 0 aliphatic carbocycles. The van der Waals surface area contributed by atoms with Gasteiger partial charge in [-0.05, 0) is 47.1 Å². The van der Waals surface area contributed by atoms with Crippen LogP contribution in [0.25, 0.3) is 0 Å². The van der Waals surface area contributed by atoms with E-state index in [1.165, 1.54) is 29.8 Å². The lowest BCUT2D eigenvalue weighted by Crippen LogP contribution is -2.45. The van der Waals surface area contributed by atoms with Crippen molar-refractivity contribution in [2.24, 2.45) is 5.41 Å². The van der Waals surface area contributed by atoms with E-state index in [1.807, 2.05) is 24.3 Å². The third kappa shape index (κ3) is 8.80. The number of nitrogens with one attached hydrogen (secondary N) is 2. The van der Waals surface area contributed by atoms with Gasteiger partial charge < -0.3 is 9.47 Å². The summed E-state index contributed by atoms with van der Waals surface area (Å²) in [5.74, 6) is -0.282. The third-order valence-corrected chi connectivity index (χ3v) is 4.74. The van der Waals surface area contributed by atoms with E-state index in [0.717, 1.165) is 6.42 Å². The molecule has 0 spiro atoms. The molecular weight excluding hydrogens is 426 g/mol. The van der Waals surface area contributed by atoms with Gasteiger partial charge in [-0.25, -0.2) is 0 Å². The van der Waals surface area contributed by atoms with Crippen molar-refractivity contribution in [3.05, 3.63) is 64.2 Å². The van der Waals surface area contributed by atoms with Gasteiger partial charge in [0, 0.05) is 12.1 Å². The number of nitro benzene ring substituents is 1. The summed E-state index contributed by atoms with van der Waals surface area (Å²) in [7, 11) is 0. The van der Waals surface area contributed by atoms with Gasteiger partial charge in [0.05, 0.1) is 4.92 Å². The molecule has 2 N–H and O–H groups in total.